The molecule has 1 unspecified atom stereocenters. The largest absolute Gasteiger partial charge is 0.465 e. The van der Waals surface area contributed by atoms with E-state index in [4.69, 9.17) is 4.42 Å². The first-order valence-corrected chi connectivity index (χ1v) is 12.1. The second-order valence-corrected chi connectivity index (χ2v) is 10.7. The highest BCUT2D eigenvalue weighted by atomic mass is 19.1. The molecule has 194 valence electrons. The van der Waals surface area contributed by atoms with Crippen LogP contribution in [0.25, 0.3) is 21.9 Å². The quantitative estimate of drug-likeness (QED) is 0.393. The van der Waals surface area contributed by atoms with Gasteiger partial charge in [-0.1, -0.05) is 20.8 Å². The van der Waals surface area contributed by atoms with E-state index < -0.39 is 17.8 Å². The minimum Gasteiger partial charge on any atom is -0.465 e. The average molecular weight is 508 g/mol. The first kappa shape index (κ1) is 24.6. The van der Waals surface area contributed by atoms with Crippen LogP contribution in [0.3, 0.4) is 0 Å². The van der Waals surface area contributed by atoms with Gasteiger partial charge in [0, 0.05) is 49.6 Å². The average Bonchev–Trinajstić information content (AvgIpc) is 3.39. The molecule has 3 heterocycles. The summed E-state index contributed by atoms with van der Waals surface area (Å²) >= 11 is 0. The minimum absolute atomic E-state index is 0.207. The standard InChI is InChI=1S/C27H30FN5O4/c1-15-10-18-22(32-8-9-33(26(35)36)23(14-32)27(2,3)4)7-6-17(24(18)37-15)25(34)29-16-11-20(28)19-13-31(5)30-21(19)12-16/h6-7,10-13,23H,8-9,14H2,1-5H3,(H,29,34)(H,35,36). The van der Waals surface area contributed by atoms with Gasteiger partial charge in [0.1, 0.15) is 17.2 Å². The molecule has 37 heavy (non-hydrogen) atoms. The van der Waals surface area contributed by atoms with E-state index >= 15 is 0 Å². The Balaban J connectivity index is 1.47. The third kappa shape index (κ3) is 4.47. The van der Waals surface area contributed by atoms with Gasteiger partial charge in [-0.2, -0.15) is 5.10 Å². The molecule has 2 amide bonds. The molecule has 1 atom stereocenters. The number of carbonyl (C=O) groups excluding carboxylic acids is 1. The first-order valence-electron chi connectivity index (χ1n) is 12.1. The van der Waals surface area contributed by atoms with Gasteiger partial charge >= 0.3 is 6.09 Å². The van der Waals surface area contributed by atoms with Gasteiger partial charge in [0.25, 0.3) is 5.91 Å². The van der Waals surface area contributed by atoms with Crippen LogP contribution in [0.1, 0.15) is 36.9 Å². The number of nitrogens with one attached hydrogen (secondary N) is 1. The normalized spacial score (nSPS) is 16.5. The Morgan fingerprint density at radius 3 is 2.62 bits per heavy atom. The molecule has 1 aliphatic heterocycles. The number of piperazine rings is 1. The van der Waals surface area contributed by atoms with Crippen molar-refractivity contribution in [1.82, 2.24) is 14.7 Å². The molecule has 1 aliphatic rings. The predicted octanol–water partition coefficient (Wildman–Crippen LogP) is 5.23. The lowest BCUT2D eigenvalue weighted by Gasteiger charge is -2.46. The number of rotatable bonds is 3. The molecule has 5 rings (SSSR count). The van der Waals surface area contributed by atoms with Crippen LogP contribution in [0, 0.1) is 18.2 Å². The van der Waals surface area contributed by atoms with Crippen LogP contribution >= 0.6 is 0 Å². The third-order valence-electron chi connectivity index (χ3n) is 6.94. The molecular weight excluding hydrogens is 477 g/mol. The van der Waals surface area contributed by atoms with E-state index in [1.807, 2.05) is 39.8 Å². The van der Waals surface area contributed by atoms with Crippen molar-refractivity contribution in [3.8, 4) is 0 Å². The zero-order valence-electron chi connectivity index (χ0n) is 21.5. The van der Waals surface area contributed by atoms with Crippen molar-refractivity contribution in [2.75, 3.05) is 29.9 Å². The molecule has 1 fully saturated rings. The van der Waals surface area contributed by atoms with Crippen LogP contribution in [0.15, 0.2) is 40.9 Å². The molecule has 2 aromatic carbocycles. The Kier molecular flexibility index (Phi) is 5.85. The number of amides is 2. The summed E-state index contributed by atoms with van der Waals surface area (Å²) in [5.41, 5.74) is 2.12. The number of carbonyl (C=O) groups is 2. The first-order chi connectivity index (χ1) is 17.4. The van der Waals surface area contributed by atoms with Crippen LogP contribution in [0.5, 0.6) is 0 Å². The molecular formula is C27H30FN5O4. The number of aromatic nitrogens is 2. The molecule has 0 spiro atoms. The number of fused-ring (bicyclic) bond motifs is 2. The summed E-state index contributed by atoms with van der Waals surface area (Å²) in [6.07, 6.45) is 0.668. The number of anilines is 2. The molecule has 0 saturated carbocycles. The lowest BCUT2D eigenvalue weighted by molar-refractivity contribution is 0.0749. The van der Waals surface area contributed by atoms with E-state index in [1.165, 1.54) is 15.6 Å². The maximum Gasteiger partial charge on any atom is 0.407 e. The van der Waals surface area contributed by atoms with Gasteiger partial charge in [-0.05, 0) is 42.7 Å². The van der Waals surface area contributed by atoms with Gasteiger partial charge in [-0.15, -0.1) is 0 Å². The maximum absolute atomic E-state index is 14.6. The lowest BCUT2D eigenvalue weighted by Crippen LogP contribution is -2.59. The second kappa shape index (κ2) is 8.79. The summed E-state index contributed by atoms with van der Waals surface area (Å²) in [7, 11) is 1.71. The lowest BCUT2D eigenvalue weighted by atomic mass is 9.84. The Labute approximate surface area is 213 Å². The highest BCUT2D eigenvalue weighted by Gasteiger charge is 2.38. The summed E-state index contributed by atoms with van der Waals surface area (Å²) < 4.78 is 22.0. The van der Waals surface area contributed by atoms with Gasteiger partial charge in [0.2, 0.25) is 0 Å². The fourth-order valence-electron chi connectivity index (χ4n) is 5.13. The zero-order valence-corrected chi connectivity index (χ0v) is 21.5. The van der Waals surface area contributed by atoms with Gasteiger partial charge < -0.3 is 24.6 Å². The molecule has 0 bridgehead atoms. The highest BCUT2D eigenvalue weighted by Crippen LogP contribution is 2.36. The van der Waals surface area contributed by atoms with Crippen molar-refractivity contribution in [1.29, 1.82) is 0 Å². The van der Waals surface area contributed by atoms with Gasteiger partial charge in [0.15, 0.2) is 0 Å². The predicted molar refractivity (Wildman–Crippen MR) is 140 cm³/mol. The van der Waals surface area contributed by atoms with E-state index in [9.17, 15) is 19.1 Å². The van der Waals surface area contributed by atoms with Crippen molar-refractivity contribution in [2.45, 2.75) is 33.7 Å². The van der Waals surface area contributed by atoms with Crippen LogP contribution < -0.4 is 10.2 Å². The van der Waals surface area contributed by atoms with E-state index in [0.29, 0.717) is 53.1 Å². The van der Waals surface area contributed by atoms with Crippen molar-refractivity contribution in [3.63, 3.8) is 0 Å². The summed E-state index contributed by atoms with van der Waals surface area (Å²) in [5.74, 6) is -0.248. The number of carboxylic acid groups (broad SMARTS) is 1. The molecule has 2 N–H and O–H groups in total. The molecule has 4 aromatic rings. The van der Waals surface area contributed by atoms with E-state index in [-0.39, 0.29) is 11.5 Å². The Morgan fingerprint density at radius 1 is 1.16 bits per heavy atom. The topological polar surface area (TPSA) is 104 Å². The summed E-state index contributed by atoms with van der Waals surface area (Å²) in [5, 5.41) is 17.9. The van der Waals surface area contributed by atoms with Crippen LogP contribution in [0.2, 0.25) is 0 Å². The molecule has 10 heteroatoms. The molecule has 0 aliphatic carbocycles. The van der Waals surface area contributed by atoms with Crippen molar-refractivity contribution < 1.29 is 23.5 Å². The van der Waals surface area contributed by atoms with Crippen LogP contribution in [-0.4, -0.2) is 57.5 Å². The number of benzene rings is 2. The Morgan fingerprint density at radius 2 is 1.92 bits per heavy atom. The molecule has 2 aromatic heterocycles. The number of halogens is 1. The maximum atomic E-state index is 14.6. The summed E-state index contributed by atoms with van der Waals surface area (Å²) in [4.78, 5) is 28.8. The van der Waals surface area contributed by atoms with Crippen molar-refractivity contribution >= 4 is 45.2 Å². The molecule has 1 saturated heterocycles. The fourth-order valence-corrected chi connectivity index (χ4v) is 5.13. The SMILES string of the molecule is Cc1cc2c(N3CCN(C(=O)O)C(C(C)(C)C)C3)ccc(C(=O)Nc3cc(F)c4cn(C)nc4c3)c2o1. The van der Waals surface area contributed by atoms with Gasteiger partial charge in [0.05, 0.1) is 22.5 Å². The van der Waals surface area contributed by atoms with E-state index in [2.05, 4.69) is 15.3 Å². The smallest absolute Gasteiger partial charge is 0.407 e. The van der Waals surface area contributed by atoms with Crippen molar-refractivity contribution in [2.24, 2.45) is 12.5 Å². The van der Waals surface area contributed by atoms with E-state index in [1.54, 1.807) is 25.4 Å². The second-order valence-electron chi connectivity index (χ2n) is 10.7. The molecule has 9 nitrogen and oxygen atoms in total. The third-order valence-corrected chi connectivity index (χ3v) is 6.94. The highest BCUT2D eigenvalue weighted by molar-refractivity contribution is 6.14. The fraction of sp³-hybridized carbons (Fsp3) is 0.370. The minimum atomic E-state index is -0.920. The van der Waals surface area contributed by atoms with Gasteiger partial charge in [-0.25, -0.2) is 9.18 Å². The molecule has 0 radical (unpaired) electrons. The zero-order chi connectivity index (χ0) is 26.6. The van der Waals surface area contributed by atoms with Crippen molar-refractivity contribution in [3.05, 3.63) is 53.7 Å². The van der Waals surface area contributed by atoms with Gasteiger partial charge in [-0.3, -0.25) is 9.48 Å². The Bertz CT molecular complexity index is 1530. The van der Waals surface area contributed by atoms with Crippen LogP contribution in [-0.2, 0) is 7.05 Å². The summed E-state index contributed by atoms with van der Waals surface area (Å²) in [6.45, 7) is 9.33. The number of nitrogens with zero attached hydrogens (tertiary/aromatic N) is 4. The number of furan rings is 1. The van der Waals surface area contributed by atoms with Crippen LogP contribution in [0.4, 0.5) is 20.6 Å². The Hall–Kier alpha value is -4.08. The number of hydrogen-bond acceptors (Lipinski definition) is 5. The monoisotopic (exact) mass is 507 g/mol. The van der Waals surface area contributed by atoms with E-state index in [0.717, 1.165) is 11.1 Å². The summed E-state index contributed by atoms with van der Waals surface area (Å²) in [6, 6.07) is 8.14. The number of hydrogen-bond donors (Lipinski definition) is 2. The number of aryl methyl sites for hydroxylation is 2.